The molecule has 25 heavy (non-hydrogen) atoms. The van der Waals surface area contributed by atoms with Crippen molar-refractivity contribution in [2.24, 2.45) is 0 Å². The minimum Gasteiger partial charge on any atom is -0.480 e. The zero-order chi connectivity index (χ0) is 18.8. The summed E-state index contributed by atoms with van der Waals surface area (Å²) in [6, 6.07) is 4.29. The molecule has 0 aliphatic rings. The molecule has 1 amide bonds. The third-order valence-corrected chi connectivity index (χ3v) is 3.03. The predicted molar refractivity (Wildman–Crippen MR) is 86.8 cm³/mol. The lowest BCUT2D eigenvalue weighted by atomic mass is 10.1. The SMILES string of the molecule is CCOC(=O)/C=C/C[C@@H](NC(=O)Cc1cccc([N+](=O)[O-])c1)C(=O)O. The molecular formula is C16H18N2O7. The molecule has 1 aromatic rings. The Hall–Kier alpha value is -3.23. The number of nitrogens with zero attached hydrogens (tertiary/aromatic N) is 1. The number of carboxylic acids is 1. The van der Waals surface area contributed by atoms with Crippen LogP contribution >= 0.6 is 0 Å². The number of carbonyl (C=O) groups excluding carboxylic acids is 2. The van der Waals surface area contributed by atoms with E-state index in [-0.39, 0.29) is 25.1 Å². The van der Waals surface area contributed by atoms with Crippen molar-refractivity contribution >= 4 is 23.5 Å². The average molecular weight is 350 g/mol. The Bertz CT molecular complexity index is 685. The highest BCUT2D eigenvalue weighted by Gasteiger charge is 2.19. The van der Waals surface area contributed by atoms with Gasteiger partial charge in [0.2, 0.25) is 5.91 Å². The number of hydrogen-bond acceptors (Lipinski definition) is 6. The molecule has 0 aromatic heterocycles. The normalized spacial score (nSPS) is 11.7. The second kappa shape index (κ2) is 9.81. The summed E-state index contributed by atoms with van der Waals surface area (Å²) >= 11 is 0. The van der Waals surface area contributed by atoms with Gasteiger partial charge in [-0.1, -0.05) is 18.2 Å². The maximum atomic E-state index is 11.9. The first-order valence-corrected chi connectivity index (χ1v) is 7.42. The Morgan fingerprint density at radius 2 is 2.12 bits per heavy atom. The van der Waals surface area contributed by atoms with Crippen molar-refractivity contribution in [2.45, 2.75) is 25.8 Å². The number of carbonyl (C=O) groups is 3. The molecule has 0 saturated heterocycles. The number of ether oxygens (including phenoxy) is 1. The van der Waals surface area contributed by atoms with Gasteiger partial charge in [0.1, 0.15) is 6.04 Å². The Morgan fingerprint density at radius 3 is 2.72 bits per heavy atom. The van der Waals surface area contributed by atoms with Crippen molar-refractivity contribution in [1.82, 2.24) is 5.32 Å². The van der Waals surface area contributed by atoms with Crippen LogP contribution < -0.4 is 5.32 Å². The molecule has 0 saturated carbocycles. The Kier molecular flexibility index (Phi) is 7.77. The Balaban J connectivity index is 2.64. The van der Waals surface area contributed by atoms with Crippen molar-refractivity contribution in [3.63, 3.8) is 0 Å². The zero-order valence-corrected chi connectivity index (χ0v) is 13.5. The van der Waals surface area contributed by atoms with Gasteiger partial charge in [0, 0.05) is 18.2 Å². The quantitative estimate of drug-likeness (QED) is 0.296. The molecule has 0 radical (unpaired) electrons. The first kappa shape index (κ1) is 19.8. The molecule has 0 spiro atoms. The fourth-order valence-corrected chi connectivity index (χ4v) is 1.92. The van der Waals surface area contributed by atoms with Gasteiger partial charge in [0.05, 0.1) is 18.0 Å². The smallest absolute Gasteiger partial charge is 0.330 e. The monoisotopic (exact) mass is 350 g/mol. The molecule has 9 heteroatoms. The van der Waals surface area contributed by atoms with E-state index in [1.54, 1.807) is 6.92 Å². The zero-order valence-electron chi connectivity index (χ0n) is 13.5. The molecule has 1 rings (SSSR count). The number of hydrogen-bond donors (Lipinski definition) is 2. The van der Waals surface area contributed by atoms with Crippen LogP contribution in [-0.2, 0) is 25.5 Å². The number of non-ortho nitro benzene ring substituents is 1. The van der Waals surface area contributed by atoms with E-state index in [0.717, 1.165) is 6.08 Å². The van der Waals surface area contributed by atoms with Crippen LogP contribution in [0.1, 0.15) is 18.9 Å². The van der Waals surface area contributed by atoms with Gasteiger partial charge in [-0.15, -0.1) is 0 Å². The van der Waals surface area contributed by atoms with E-state index in [4.69, 9.17) is 5.11 Å². The molecule has 0 aliphatic carbocycles. The molecule has 0 aliphatic heterocycles. The van der Waals surface area contributed by atoms with Crippen LogP contribution in [-0.4, -0.2) is 40.5 Å². The van der Waals surface area contributed by atoms with E-state index in [9.17, 15) is 24.5 Å². The minimum atomic E-state index is -1.26. The van der Waals surface area contributed by atoms with Gasteiger partial charge in [0.25, 0.3) is 5.69 Å². The van der Waals surface area contributed by atoms with Crippen molar-refractivity contribution in [2.75, 3.05) is 6.61 Å². The molecular weight excluding hydrogens is 332 g/mol. The molecule has 0 unspecified atom stereocenters. The number of rotatable bonds is 9. The summed E-state index contributed by atoms with van der Waals surface area (Å²) in [6.07, 6.45) is 2.08. The van der Waals surface area contributed by atoms with Gasteiger partial charge < -0.3 is 15.2 Å². The van der Waals surface area contributed by atoms with Gasteiger partial charge in [-0.2, -0.15) is 0 Å². The standard InChI is InChI=1S/C16H18N2O7/c1-2-25-15(20)8-4-7-13(16(21)22)17-14(19)10-11-5-3-6-12(9-11)18(23)24/h3-6,8-9,13H,2,7,10H2,1H3,(H,17,19)(H,21,22)/b8-4+/t13-/m1/s1. The molecule has 2 N–H and O–H groups in total. The Labute approximate surface area is 143 Å². The molecule has 0 fully saturated rings. The number of carboxylic acid groups (broad SMARTS) is 1. The topological polar surface area (TPSA) is 136 Å². The number of nitro groups is 1. The van der Waals surface area contributed by atoms with E-state index in [1.165, 1.54) is 30.3 Å². The average Bonchev–Trinajstić information content (AvgIpc) is 2.54. The van der Waals surface area contributed by atoms with Crippen LogP contribution in [0.4, 0.5) is 5.69 Å². The van der Waals surface area contributed by atoms with E-state index < -0.39 is 28.8 Å². The van der Waals surface area contributed by atoms with E-state index in [2.05, 4.69) is 10.1 Å². The highest BCUT2D eigenvalue weighted by Crippen LogP contribution is 2.13. The van der Waals surface area contributed by atoms with Crippen molar-refractivity contribution in [3.8, 4) is 0 Å². The van der Waals surface area contributed by atoms with Gasteiger partial charge in [-0.3, -0.25) is 14.9 Å². The molecule has 1 aromatic carbocycles. The fraction of sp³-hybridized carbons (Fsp3) is 0.312. The summed E-state index contributed by atoms with van der Waals surface area (Å²) in [7, 11) is 0. The van der Waals surface area contributed by atoms with Crippen LogP contribution in [0.5, 0.6) is 0 Å². The summed E-state index contributed by atoms with van der Waals surface area (Å²) in [5.74, 6) is -2.46. The second-order valence-electron chi connectivity index (χ2n) is 4.95. The van der Waals surface area contributed by atoms with E-state index in [0.29, 0.717) is 5.56 Å². The summed E-state index contributed by atoms with van der Waals surface area (Å²) in [5.41, 5.74) is 0.232. The van der Waals surface area contributed by atoms with Crippen LogP contribution in [0.25, 0.3) is 0 Å². The summed E-state index contributed by atoms with van der Waals surface area (Å²) in [5, 5.41) is 22.1. The van der Waals surface area contributed by atoms with Crippen LogP contribution in [0.3, 0.4) is 0 Å². The largest absolute Gasteiger partial charge is 0.480 e. The highest BCUT2D eigenvalue weighted by atomic mass is 16.6. The van der Waals surface area contributed by atoms with Crippen LogP contribution in [0.15, 0.2) is 36.4 Å². The number of benzene rings is 1. The van der Waals surface area contributed by atoms with Gasteiger partial charge in [-0.25, -0.2) is 9.59 Å². The molecule has 9 nitrogen and oxygen atoms in total. The third kappa shape index (κ3) is 7.25. The summed E-state index contributed by atoms with van der Waals surface area (Å²) < 4.78 is 4.66. The second-order valence-corrected chi connectivity index (χ2v) is 4.95. The van der Waals surface area contributed by atoms with Crippen molar-refractivity contribution < 1.29 is 29.2 Å². The fourth-order valence-electron chi connectivity index (χ4n) is 1.92. The first-order chi connectivity index (χ1) is 11.8. The lowest BCUT2D eigenvalue weighted by Crippen LogP contribution is -2.41. The molecule has 0 bridgehead atoms. The third-order valence-electron chi connectivity index (χ3n) is 3.03. The first-order valence-electron chi connectivity index (χ1n) is 7.42. The number of nitrogens with one attached hydrogen (secondary N) is 1. The minimum absolute atomic E-state index is 0.102. The van der Waals surface area contributed by atoms with Crippen LogP contribution in [0.2, 0.25) is 0 Å². The molecule has 1 atom stereocenters. The summed E-state index contributed by atoms with van der Waals surface area (Å²) in [4.78, 5) is 44.4. The highest BCUT2D eigenvalue weighted by molar-refractivity contribution is 5.85. The maximum absolute atomic E-state index is 11.9. The maximum Gasteiger partial charge on any atom is 0.330 e. The van der Waals surface area contributed by atoms with Gasteiger partial charge in [-0.05, 0) is 18.9 Å². The van der Waals surface area contributed by atoms with Gasteiger partial charge >= 0.3 is 11.9 Å². The van der Waals surface area contributed by atoms with Crippen molar-refractivity contribution in [1.29, 1.82) is 0 Å². The number of aliphatic carboxylic acids is 1. The number of esters is 1. The van der Waals surface area contributed by atoms with Gasteiger partial charge in [0.15, 0.2) is 0 Å². The lowest BCUT2D eigenvalue weighted by molar-refractivity contribution is -0.384. The van der Waals surface area contributed by atoms with E-state index >= 15 is 0 Å². The predicted octanol–water partition coefficient (Wildman–Crippen LogP) is 1.22. The van der Waals surface area contributed by atoms with E-state index in [1.807, 2.05) is 0 Å². The number of amides is 1. The Morgan fingerprint density at radius 1 is 1.40 bits per heavy atom. The summed E-state index contributed by atoms with van der Waals surface area (Å²) in [6.45, 7) is 1.84. The number of nitro benzene ring substituents is 1. The molecule has 0 heterocycles. The van der Waals surface area contributed by atoms with Crippen molar-refractivity contribution in [3.05, 3.63) is 52.1 Å². The molecule has 134 valence electrons. The lowest BCUT2D eigenvalue weighted by Gasteiger charge is -2.12. The van der Waals surface area contributed by atoms with Crippen LogP contribution in [0, 0.1) is 10.1 Å².